The maximum Gasteiger partial charge on any atom is 0.0361 e. The molecule has 0 bridgehead atoms. The van der Waals surface area contributed by atoms with Crippen LogP contribution in [0.2, 0.25) is 0 Å². The van der Waals surface area contributed by atoms with Crippen LogP contribution >= 0.6 is 11.3 Å². The number of hydrogen-bond acceptors (Lipinski definition) is 1. The molecule has 1 aromatic heterocycles. The monoisotopic (exact) mass is 486 g/mol. The van der Waals surface area contributed by atoms with Gasteiger partial charge in [0.15, 0.2) is 0 Å². The van der Waals surface area contributed by atoms with E-state index in [1.807, 2.05) is 11.3 Å². The molecule has 0 amide bonds. The van der Waals surface area contributed by atoms with E-state index in [4.69, 9.17) is 0 Å². The van der Waals surface area contributed by atoms with Gasteiger partial charge in [-0.1, -0.05) is 109 Å². The van der Waals surface area contributed by atoms with Crippen molar-refractivity contribution in [1.82, 2.24) is 0 Å². The minimum atomic E-state index is 1.28. The van der Waals surface area contributed by atoms with Gasteiger partial charge >= 0.3 is 0 Å². The van der Waals surface area contributed by atoms with E-state index in [9.17, 15) is 0 Å². The molecule has 0 fully saturated rings. The van der Waals surface area contributed by atoms with Gasteiger partial charge in [-0.15, -0.1) is 11.3 Å². The quantitative estimate of drug-likeness (QED) is 0.168. The Hall–Kier alpha value is -4.46. The van der Waals surface area contributed by atoms with Crippen LogP contribution in [-0.4, -0.2) is 0 Å². The van der Waals surface area contributed by atoms with Gasteiger partial charge in [-0.2, -0.15) is 0 Å². The van der Waals surface area contributed by atoms with Crippen LogP contribution in [0.5, 0.6) is 0 Å². The van der Waals surface area contributed by atoms with E-state index < -0.39 is 0 Å². The SMILES string of the molecule is c1ccc2sc(-c3cccc4c3ccc3cc5c(-c6cccc7ccccc67)cccc5cc34)cc2c1. The molecule has 0 aliphatic carbocycles. The van der Waals surface area contributed by atoms with Crippen molar-refractivity contribution in [3.05, 3.63) is 133 Å². The second-order valence-corrected chi connectivity index (χ2v) is 10.8. The topological polar surface area (TPSA) is 0 Å². The van der Waals surface area contributed by atoms with Gasteiger partial charge < -0.3 is 0 Å². The fourth-order valence-corrected chi connectivity index (χ4v) is 6.99. The molecule has 0 saturated heterocycles. The number of thiophene rings is 1. The Kier molecular flexibility index (Phi) is 4.49. The predicted octanol–water partition coefficient (Wildman–Crippen LogP) is 10.8. The van der Waals surface area contributed by atoms with Gasteiger partial charge in [0.1, 0.15) is 0 Å². The molecule has 0 aliphatic heterocycles. The van der Waals surface area contributed by atoms with Crippen molar-refractivity contribution in [3.63, 3.8) is 0 Å². The maximum atomic E-state index is 2.39. The van der Waals surface area contributed by atoms with Gasteiger partial charge in [0.25, 0.3) is 0 Å². The Balaban J connectivity index is 1.38. The number of fused-ring (bicyclic) bond motifs is 6. The van der Waals surface area contributed by atoms with Gasteiger partial charge in [-0.3, -0.25) is 0 Å². The Labute approximate surface area is 219 Å². The van der Waals surface area contributed by atoms with E-state index in [0.29, 0.717) is 0 Å². The Morgan fingerprint density at radius 2 is 0.946 bits per heavy atom. The van der Waals surface area contributed by atoms with Gasteiger partial charge in [0.2, 0.25) is 0 Å². The van der Waals surface area contributed by atoms with E-state index in [-0.39, 0.29) is 0 Å². The van der Waals surface area contributed by atoms with E-state index in [2.05, 4.69) is 133 Å². The molecule has 0 unspecified atom stereocenters. The minimum Gasteiger partial charge on any atom is -0.135 e. The zero-order valence-corrected chi connectivity index (χ0v) is 20.9. The lowest BCUT2D eigenvalue weighted by molar-refractivity contribution is 1.69. The van der Waals surface area contributed by atoms with Crippen molar-refractivity contribution in [3.8, 4) is 21.6 Å². The normalized spacial score (nSPS) is 11.8. The zero-order valence-electron chi connectivity index (χ0n) is 20.1. The van der Waals surface area contributed by atoms with Gasteiger partial charge in [-0.05, 0) is 89.4 Å². The van der Waals surface area contributed by atoms with Gasteiger partial charge in [0, 0.05) is 9.58 Å². The van der Waals surface area contributed by atoms with E-state index in [1.165, 1.54) is 74.7 Å². The second-order valence-electron chi connectivity index (χ2n) is 9.74. The first-order chi connectivity index (χ1) is 18.3. The molecular formula is C36H22S. The minimum absolute atomic E-state index is 1.28. The average molecular weight is 487 g/mol. The van der Waals surface area contributed by atoms with E-state index in [1.54, 1.807) is 0 Å². The molecule has 0 radical (unpaired) electrons. The van der Waals surface area contributed by atoms with Crippen LogP contribution in [0.25, 0.3) is 74.7 Å². The number of benzene rings is 7. The molecule has 37 heavy (non-hydrogen) atoms. The highest BCUT2D eigenvalue weighted by Gasteiger charge is 2.12. The third kappa shape index (κ3) is 3.21. The summed E-state index contributed by atoms with van der Waals surface area (Å²) in [6.45, 7) is 0. The maximum absolute atomic E-state index is 2.39. The highest BCUT2D eigenvalue weighted by atomic mass is 32.1. The van der Waals surface area contributed by atoms with Crippen LogP contribution in [0, 0.1) is 0 Å². The summed E-state index contributed by atoms with van der Waals surface area (Å²) in [4.78, 5) is 1.32. The Morgan fingerprint density at radius 3 is 1.84 bits per heavy atom. The molecule has 0 aliphatic rings. The fourth-order valence-electron chi connectivity index (χ4n) is 5.89. The van der Waals surface area contributed by atoms with Gasteiger partial charge in [-0.25, -0.2) is 0 Å². The van der Waals surface area contributed by atoms with E-state index >= 15 is 0 Å². The molecule has 8 aromatic rings. The molecule has 8 rings (SSSR count). The molecule has 0 N–H and O–H groups in total. The first-order valence-electron chi connectivity index (χ1n) is 12.7. The van der Waals surface area contributed by atoms with Crippen molar-refractivity contribution < 1.29 is 0 Å². The zero-order chi connectivity index (χ0) is 24.3. The molecule has 7 aromatic carbocycles. The van der Waals surface area contributed by atoms with Crippen molar-refractivity contribution >= 4 is 64.5 Å². The van der Waals surface area contributed by atoms with Crippen LogP contribution in [0.15, 0.2) is 133 Å². The predicted molar refractivity (Wildman–Crippen MR) is 163 cm³/mol. The van der Waals surface area contributed by atoms with Crippen molar-refractivity contribution in [2.24, 2.45) is 0 Å². The first kappa shape index (κ1) is 20.7. The summed E-state index contributed by atoms with van der Waals surface area (Å²) in [5.41, 5.74) is 3.89. The summed E-state index contributed by atoms with van der Waals surface area (Å²) in [5, 5.41) is 11.7. The Bertz CT molecular complexity index is 2110. The molecule has 0 spiro atoms. The Morgan fingerprint density at radius 1 is 0.324 bits per heavy atom. The molecule has 0 nitrogen and oxygen atoms in total. The molecule has 1 heteroatoms. The summed E-state index contributed by atoms with van der Waals surface area (Å²) in [6.07, 6.45) is 0. The first-order valence-corrected chi connectivity index (χ1v) is 13.5. The highest BCUT2D eigenvalue weighted by molar-refractivity contribution is 7.22. The molecular weight excluding hydrogens is 464 g/mol. The summed E-state index contributed by atoms with van der Waals surface area (Å²) >= 11 is 1.87. The lowest BCUT2D eigenvalue weighted by Crippen LogP contribution is -1.86. The van der Waals surface area contributed by atoms with Crippen LogP contribution in [0.3, 0.4) is 0 Å². The molecule has 0 saturated carbocycles. The lowest BCUT2D eigenvalue weighted by Gasteiger charge is -2.13. The summed E-state index contributed by atoms with van der Waals surface area (Å²) in [5.74, 6) is 0. The summed E-state index contributed by atoms with van der Waals surface area (Å²) in [6, 6.07) is 49.1. The second kappa shape index (κ2) is 8.03. The third-order valence-corrected chi connectivity index (χ3v) is 8.80. The fraction of sp³-hybridized carbons (Fsp3) is 0. The van der Waals surface area contributed by atoms with E-state index in [0.717, 1.165) is 0 Å². The van der Waals surface area contributed by atoms with Crippen LogP contribution in [0.1, 0.15) is 0 Å². The van der Waals surface area contributed by atoms with Gasteiger partial charge in [0.05, 0.1) is 0 Å². The van der Waals surface area contributed by atoms with Crippen molar-refractivity contribution in [1.29, 1.82) is 0 Å². The van der Waals surface area contributed by atoms with Crippen molar-refractivity contribution in [2.75, 3.05) is 0 Å². The average Bonchev–Trinajstić information content (AvgIpc) is 3.39. The van der Waals surface area contributed by atoms with Crippen molar-refractivity contribution in [2.45, 2.75) is 0 Å². The third-order valence-electron chi connectivity index (χ3n) is 7.65. The smallest absolute Gasteiger partial charge is 0.0361 e. The lowest BCUT2D eigenvalue weighted by atomic mass is 9.91. The molecule has 1 heterocycles. The standard InChI is InChI=1S/C36H22S/c1-3-12-27-23(8-1)10-5-13-28(27)29-14-6-11-24-20-34-25(21-33(24)29)18-19-31-30(34)15-7-16-32(31)36-22-26-9-2-4-17-35(26)37-36/h1-22H. The van der Waals surface area contributed by atoms with Crippen LogP contribution in [-0.2, 0) is 0 Å². The number of rotatable bonds is 2. The summed E-state index contributed by atoms with van der Waals surface area (Å²) < 4.78 is 1.34. The number of hydrogen-bond donors (Lipinski definition) is 0. The molecule has 0 atom stereocenters. The largest absolute Gasteiger partial charge is 0.135 e. The summed E-state index contributed by atoms with van der Waals surface area (Å²) in [7, 11) is 0. The van der Waals surface area contributed by atoms with Crippen LogP contribution in [0.4, 0.5) is 0 Å². The highest BCUT2D eigenvalue weighted by Crippen LogP contribution is 2.41. The molecule has 172 valence electrons. The van der Waals surface area contributed by atoms with Crippen LogP contribution < -0.4 is 0 Å².